The van der Waals surface area contributed by atoms with E-state index in [0.29, 0.717) is 19.3 Å². The Kier molecular flexibility index (Phi) is 48.4. The van der Waals surface area contributed by atoms with E-state index in [0.717, 1.165) is 122 Å². The lowest BCUT2D eigenvalue weighted by molar-refractivity contribution is -0.301. The number of aliphatic hydroxyl groups excluding tert-OH is 2. The zero-order chi connectivity index (χ0) is 56.1. The van der Waals surface area contributed by atoms with Crippen LogP contribution in [0.3, 0.4) is 0 Å². The normalized spacial score (nSPS) is 18.6. The second kappa shape index (κ2) is 52.6. The van der Waals surface area contributed by atoms with Gasteiger partial charge in [-0.15, -0.1) is 0 Å². The Balaban J connectivity index is 2.71. The number of carbonyl (C=O) groups is 4. The first kappa shape index (κ1) is 70.9. The van der Waals surface area contributed by atoms with Gasteiger partial charge in [0, 0.05) is 19.3 Å². The van der Waals surface area contributed by atoms with Crippen LogP contribution in [-0.2, 0) is 42.9 Å². The fourth-order valence-corrected chi connectivity index (χ4v) is 8.78. The summed E-state index contributed by atoms with van der Waals surface area (Å²) in [6.45, 7) is 5.82. The van der Waals surface area contributed by atoms with E-state index in [9.17, 15) is 34.5 Å². The van der Waals surface area contributed by atoms with Crippen LogP contribution in [0.4, 0.5) is 0 Å². The average molecular weight is 1080 g/mol. The number of esters is 3. The predicted octanol–water partition coefficient (Wildman–Crippen LogP) is 15.9. The van der Waals surface area contributed by atoms with Crippen molar-refractivity contribution in [2.45, 2.75) is 289 Å². The summed E-state index contributed by atoms with van der Waals surface area (Å²) in [6, 6.07) is 0. The van der Waals surface area contributed by atoms with Gasteiger partial charge in [-0.3, -0.25) is 14.4 Å². The zero-order valence-corrected chi connectivity index (χ0v) is 48.4. The fraction of sp³-hybridized carbons (Fsp3) is 0.723. The van der Waals surface area contributed by atoms with E-state index < -0.39 is 67.3 Å². The maximum Gasteiger partial charge on any atom is 0.335 e. The summed E-state index contributed by atoms with van der Waals surface area (Å²) in [5, 5.41) is 31.5. The van der Waals surface area contributed by atoms with Crippen LogP contribution in [-0.4, -0.2) is 89.2 Å². The van der Waals surface area contributed by atoms with Crippen molar-refractivity contribution in [3.63, 3.8) is 0 Å². The molecule has 0 aromatic heterocycles. The number of carbonyl (C=O) groups excluding carboxylic acids is 3. The molecule has 0 aromatic carbocycles. The van der Waals surface area contributed by atoms with Crippen molar-refractivity contribution >= 4 is 23.9 Å². The molecule has 0 spiro atoms. The van der Waals surface area contributed by atoms with Crippen molar-refractivity contribution in [2.24, 2.45) is 0 Å². The molecule has 0 amide bonds. The minimum Gasteiger partial charge on any atom is -0.479 e. The molecule has 1 heterocycles. The van der Waals surface area contributed by atoms with Crippen molar-refractivity contribution in [2.75, 3.05) is 13.2 Å². The molecule has 1 aliphatic heterocycles. The van der Waals surface area contributed by atoms with E-state index in [1.807, 2.05) is 0 Å². The monoisotopic (exact) mass is 1080 g/mol. The summed E-state index contributed by atoms with van der Waals surface area (Å²) < 4.78 is 28.4. The highest BCUT2D eigenvalue weighted by Crippen LogP contribution is 2.26. The Morgan fingerprint density at radius 1 is 0.442 bits per heavy atom. The van der Waals surface area contributed by atoms with Crippen molar-refractivity contribution in [1.82, 2.24) is 0 Å². The number of aliphatic carboxylic acids is 1. The number of carboxylic acids is 1. The standard InChI is InChI=1S/C65H108O12/c1-4-7-10-13-16-19-22-25-27-28-29-30-32-34-36-39-42-45-48-51-57(66)73-54-56(75-58(67)52-49-46-43-40-38-35-31-26-23-20-17-14-11-8-5-2)55-74-65-63(61(70)60(69)62(77-65)64(71)72)76-59(68)53-50-47-44-41-37-33-24-21-18-15-12-9-6-3/h7,10,16-17,19-20,25-27,29-31,34,36,56,60-63,65,69-70H,4-6,8-9,11-15,18,21-24,28,32-33,35,37-55H2,1-3H3,(H,71,72)/b10-7-,19-16-,20-17-,27-25-,30-29-,31-26-,36-34-. The van der Waals surface area contributed by atoms with Gasteiger partial charge in [0.1, 0.15) is 18.8 Å². The lowest BCUT2D eigenvalue weighted by atomic mass is 9.98. The van der Waals surface area contributed by atoms with E-state index in [1.54, 1.807) is 0 Å². The first-order valence-electron chi connectivity index (χ1n) is 30.6. The number of rotatable bonds is 51. The molecule has 0 radical (unpaired) electrons. The molecule has 6 unspecified atom stereocenters. The molecule has 1 fully saturated rings. The maximum absolute atomic E-state index is 13.2. The molecule has 0 saturated carbocycles. The van der Waals surface area contributed by atoms with Gasteiger partial charge in [0.25, 0.3) is 0 Å². The van der Waals surface area contributed by atoms with E-state index in [1.165, 1.54) is 70.6 Å². The molecular weight excluding hydrogens is 973 g/mol. The molecule has 1 aliphatic rings. The van der Waals surface area contributed by atoms with Crippen LogP contribution in [0.2, 0.25) is 0 Å². The lowest BCUT2D eigenvalue weighted by Gasteiger charge is -2.40. The zero-order valence-electron chi connectivity index (χ0n) is 48.4. The van der Waals surface area contributed by atoms with Crippen LogP contribution in [0.5, 0.6) is 0 Å². The number of allylic oxidation sites excluding steroid dienone is 14. The maximum atomic E-state index is 13.2. The van der Waals surface area contributed by atoms with Gasteiger partial charge in [0.2, 0.25) is 0 Å². The SMILES string of the molecule is CC/C=C\C/C=C\C/C=C\C/C=C\C/C=C\CCCCCC(=O)OCC(COC1OC(C(=O)O)C(O)C(O)C1OC(=O)CCCCCCCCCCCCCCC)OC(=O)CCCCCCC/C=C\C/C=C\CCCCC. The van der Waals surface area contributed by atoms with E-state index in [-0.39, 0.29) is 25.9 Å². The van der Waals surface area contributed by atoms with Gasteiger partial charge < -0.3 is 39.0 Å². The molecule has 6 atom stereocenters. The minimum atomic E-state index is -1.91. The lowest BCUT2D eigenvalue weighted by Crippen LogP contribution is -2.61. The number of aliphatic hydroxyl groups is 2. The molecule has 77 heavy (non-hydrogen) atoms. The third-order valence-electron chi connectivity index (χ3n) is 13.5. The highest BCUT2D eigenvalue weighted by molar-refractivity contribution is 5.74. The van der Waals surface area contributed by atoms with Gasteiger partial charge in [-0.1, -0.05) is 221 Å². The topological polar surface area (TPSA) is 175 Å². The molecule has 3 N–H and O–H groups in total. The largest absolute Gasteiger partial charge is 0.479 e. The van der Waals surface area contributed by atoms with Crippen LogP contribution in [0, 0.1) is 0 Å². The predicted molar refractivity (Wildman–Crippen MR) is 312 cm³/mol. The Hall–Kier alpha value is -4.10. The Labute approximate surface area is 467 Å². The van der Waals surface area contributed by atoms with Crippen molar-refractivity contribution < 1.29 is 58.2 Å². The molecular formula is C65H108O12. The second-order valence-electron chi connectivity index (χ2n) is 20.6. The third kappa shape index (κ3) is 42.5. The fourth-order valence-electron chi connectivity index (χ4n) is 8.78. The van der Waals surface area contributed by atoms with Gasteiger partial charge in [-0.25, -0.2) is 4.79 Å². The van der Waals surface area contributed by atoms with Crippen LogP contribution < -0.4 is 0 Å². The molecule has 12 nitrogen and oxygen atoms in total. The van der Waals surface area contributed by atoms with Gasteiger partial charge >= 0.3 is 23.9 Å². The van der Waals surface area contributed by atoms with Crippen LogP contribution in [0.15, 0.2) is 85.1 Å². The molecule has 440 valence electrons. The Morgan fingerprint density at radius 2 is 0.818 bits per heavy atom. The first-order valence-corrected chi connectivity index (χ1v) is 30.6. The van der Waals surface area contributed by atoms with Gasteiger partial charge in [-0.05, 0) is 96.3 Å². The number of carboxylic acid groups (broad SMARTS) is 1. The highest BCUT2D eigenvalue weighted by Gasteiger charge is 2.50. The second-order valence-corrected chi connectivity index (χ2v) is 20.6. The molecule has 0 aliphatic carbocycles. The van der Waals surface area contributed by atoms with Crippen molar-refractivity contribution in [3.05, 3.63) is 85.1 Å². The number of hydrogen-bond donors (Lipinski definition) is 3. The number of hydrogen-bond acceptors (Lipinski definition) is 11. The summed E-state index contributed by atoms with van der Waals surface area (Å²) >= 11 is 0. The van der Waals surface area contributed by atoms with Gasteiger partial charge in [-0.2, -0.15) is 0 Å². The summed E-state index contributed by atoms with van der Waals surface area (Å²) in [5.41, 5.74) is 0. The smallest absolute Gasteiger partial charge is 0.335 e. The summed E-state index contributed by atoms with van der Waals surface area (Å²) in [7, 11) is 0. The van der Waals surface area contributed by atoms with E-state index in [2.05, 4.69) is 106 Å². The number of unbranched alkanes of at least 4 members (excludes halogenated alkanes) is 23. The van der Waals surface area contributed by atoms with Crippen molar-refractivity contribution in [1.29, 1.82) is 0 Å². The summed E-state index contributed by atoms with van der Waals surface area (Å²) in [5.74, 6) is -3.18. The quantitative estimate of drug-likeness (QED) is 0.0228. The molecule has 0 aromatic rings. The molecule has 12 heteroatoms. The van der Waals surface area contributed by atoms with Gasteiger partial charge in [0.15, 0.2) is 24.6 Å². The van der Waals surface area contributed by atoms with Crippen LogP contribution >= 0.6 is 0 Å². The van der Waals surface area contributed by atoms with E-state index in [4.69, 9.17) is 23.7 Å². The molecule has 1 rings (SSSR count). The summed E-state index contributed by atoms with van der Waals surface area (Å²) in [6.07, 6.45) is 55.4. The average Bonchev–Trinajstić information content (AvgIpc) is 3.42. The van der Waals surface area contributed by atoms with Gasteiger partial charge in [0.05, 0.1) is 6.61 Å². The van der Waals surface area contributed by atoms with Crippen LogP contribution in [0.25, 0.3) is 0 Å². The minimum absolute atomic E-state index is 0.0555. The van der Waals surface area contributed by atoms with E-state index >= 15 is 0 Å². The Bertz CT molecular complexity index is 1660. The highest BCUT2D eigenvalue weighted by atomic mass is 16.7. The Morgan fingerprint density at radius 3 is 1.29 bits per heavy atom. The summed E-state index contributed by atoms with van der Waals surface area (Å²) in [4.78, 5) is 51.2. The molecule has 1 saturated heterocycles. The third-order valence-corrected chi connectivity index (χ3v) is 13.5. The van der Waals surface area contributed by atoms with Crippen LogP contribution in [0.1, 0.15) is 252 Å². The first-order chi connectivity index (χ1) is 37.6. The van der Waals surface area contributed by atoms with Crippen molar-refractivity contribution in [3.8, 4) is 0 Å². The molecule has 0 bridgehead atoms. The number of ether oxygens (including phenoxy) is 5.